The zero-order valence-electron chi connectivity index (χ0n) is 10.2. The van der Waals surface area contributed by atoms with Crippen LogP contribution >= 0.6 is 11.6 Å². The molecule has 1 atom stereocenters. The number of nitrogens with zero attached hydrogens (tertiary/aromatic N) is 1. The summed E-state index contributed by atoms with van der Waals surface area (Å²) in [6.07, 6.45) is 1.74. The molecule has 0 saturated carbocycles. The van der Waals surface area contributed by atoms with Gasteiger partial charge in [-0.1, -0.05) is 11.6 Å². The third kappa shape index (κ3) is 2.68. The first-order chi connectivity index (χ1) is 8.61. The molecule has 0 fully saturated rings. The van der Waals surface area contributed by atoms with Crippen molar-refractivity contribution in [2.75, 3.05) is 7.05 Å². The molecule has 1 aromatic carbocycles. The number of benzene rings is 1. The van der Waals surface area contributed by atoms with E-state index in [1.165, 1.54) is 12.1 Å². The smallest absolute Gasteiger partial charge is 0.123 e. The zero-order valence-corrected chi connectivity index (χ0v) is 11.0. The minimum absolute atomic E-state index is 0.215. The lowest BCUT2D eigenvalue weighted by Crippen LogP contribution is -2.19. The molecule has 0 aliphatic heterocycles. The van der Waals surface area contributed by atoms with Gasteiger partial charge in [-0.3, -0.25) is 4.98 Å². The van der Waals surface area contributed by atoms with Crippen LogP contribution < -0.4 is 5.32 Å². The fourth-order valence-electron chi connectivity index (χ4n) is 1.92. The van der Waals surface area contributed by atoms with Crippen LogP contribution in [0.25, 0.3) is 0 Å². The van der Waals surface area contributed by atoms with Gasteiger partial charge in [-0.2, -0.15) is 0 Å². The first kappa shape index (κ1) is 13.0. The van der Waals surface area contributed by atoms with Crippen molar-refractivity contribution in [3.63, 3.8) is 0 Å². The molecule has 2 nitrogen and oxygen atoms in total. The second-order valence-corrected chi connectivity index (χ2v) is 4.55. The van der Waals surface area contributed by atoms with Crippen LogP contribution in [-0.4, -0.2) is 12.0 Å². The number of hydrogen-bond acceptors (Lipinski definition) is 2. The molecule has 1 heterocycles. The van der Waals surface area contributed by atoms with Crippen LogP contribution in [0.5, 0.6) is 0 Å². The van der Waals surface area contributed by atoms with E-state index < -0.39 is 0 Å². The quantitative estimate of drug-likeness (QED) is 0.918. The first-order valence-corrected chi connectivity index (χ1v) is 6.04. The molecular formula is C14H14ClFN2. The van der Waals surface area contributed by atoms with Crippen LogP contribution in [0.15, 0.2) is 36.5 Å². The van der Waals surface area contributed by atoms with E-state index in [2.05, 4.69) is 10.3 Å². The van der Waals surface area contributed by atoms with Gasteiger partial charge in [0.15, 0.2) is 0 Å². The molecule has 1 unspecified atom stereocenters. The number of aryl methyl sites for hydroxylation is 1. The predicted molar refractivity (Wildman–Crippen MR) is 71.3 cm³/mol. The highest BCUT2D eigenvalue weighted by Gasteiger charge is 2.17. The van der Waals surface area contributed by atoms with Gasteiger partial charge in [-0.15, -0.1) is 0 Å². The summed E-state index contributed by atoms with van der Waals surface area (Å²) in [6, 6.07) is 8.02. The summed E-state index contributed by atoms with van der Waals surface area (Å²) in [4.78, 5) is 4.31. The van der Waals surface area contributed by atoms with Crippen LogP contribution in [0.4, 0.5) is 4.39 Å². The second-order valence-electron chi connectivity index (χ2n) is 4.15. The Morgan fingerprint density at radius 1 is 1.28 bits per heavy atom. The van der Waals surface area contributed by atoms with Crippen LogP contribution in [0.3, 0.4) is 0 Å². The van der Waals surface area contributed by atoms with E-state index in [-0.39, 0.29) is 11.9 Å². The molecule has 1 aromatic heterocycles. The number of nitrogens with one attached hydrogen (secondary N) is 1. The largest absolute Gasteiger partial charge is 0.308 e. The third-order valence-electron chi connectivity index (χ3n) is 2.79. The summed E-state index contributed by atoms with van der Waals surface area (Å²) in [7, 11) is 1.80. The highest BCUT2D eigenvalue weighted by Crippen LogP contribution is 2.28. The lowest BCUT2D eigenvalue weighted by atomic mass is 10.0. The fourth-order valence-corrected chi connectivity index (χ4v) is 2.14. The predicted octanol–water partition coefficient (Wildman–Crippen LogP) is 3.49. The van der Waals surface area contributed by atoms with Crippen molar-refractivity contribution in [1.29, 1.82) is 0 Å². The van der Waals surface area contributed by atoms with Gasteiger partial charge in [0.25, 0.3) is 0 Å². The molecule has 0 saturated heterocycles. The number of hydrogen-bond donors (Lipinski definition) is 1. The van der Waals surface area contributed by atoms with Gasteiger partial charge in [-0.05, 0) is 55.4 Å². The summed E-state index contributed by atoms with van der Waals surface area (Å²) in [5.41, 5.74) is 2.62. The van der Waals surface area contributed by atoms with E-state index >= 15 is 0 Å². The summed E-state index contributed by atoms with van der Waals surface area (Å²) < 4.78 is 13.3. The van der Waals surface area contributed by atoms with Crippen LogP contribution in [0, 0.1) is 12.7 Å². The lowest BCUT2D eigenvalue weighted by Gasteiger charge is -2.18. The van der Waals surface area contributed by atoms with Crippen LogP contribution in [0.1, 0.15) is 22.9 Å². The Morgan fingerprint density at radius 2 is 2.06 bits per heavy atom. The molecular weight excluding hydrogens is 251 g/mol. The SMILES string of the molecule is CNC(c1cc(C)ccn1)c1cc(F)ccc1Cl. The summed E-state index contributed by atoms with van der Waals surface area (Å²) >= 11 is 6.12. The molecule has 0 bridgehead atoms. The normalized spacial score (nSPS) is 12.4. The minimum Gasteiger partial charge on any atom is -0.308 e. The van der Waals surface area contributed by atoms with Crippen molar-refractivity contribution >= 4 is 11.6 Å². The fraction of sp³-hybridized carbons (Fsp3) is 0.214. The average molecular weight is 265 g/mol. The van der Waals surface area contributed by atoms with E-state index in [4.69, 9.17) is 11.6 Å². The molecule has 1 N–H and O–H groups in total. The van der Waals surface area contributed by atoms with Crippen molar-refractivity contribution in [2.45, 2.75) is 13.0 Å². The number of aromatic nitrogens is 1. The topological polar surface area (TPSA) is 24.9 Å². The Bertz CT molecular complexity index is 557. The van der Waals surface area contributed by atoms with Crippen LogP contribution in [0.2, 0.25) is 5.02 Å². The van der Waals surface area contributed by atoms with Crippen molar-refractivity contribution in [3.05, 3.63) is 64.2 Å². The Labute approximate surface area is 111 Å². The maximum atomic E-state index is 13.3. The standard InChI is InChI=1S/C14H14ClFN2/c1-9-5-6-18-13(7-9)14(17-2)11-8-10(16)3-4-12(11)15/h3-8,14,17H,1-2H3. The van der Waals surface area contributed by atoms with Gasteiger partial charge in [-0.25, -0.2) is 4.39 Å². The van der Waals surface area contributed by atoms with E-state index in [1.807, 2.05) is 19.1 Å². The van der Waals surface area contributed by atoms with E-state index in [0.717, 1.165) is 11.3 Å². The molecule has 0 radical (unpaired) electrons. The highest BCUT2D eigenvalue weighted by molar-refractivity contribution is 6.31. The van der Waals surface area contributed by atoms with Crippen molar-refractivity contribution in [2.24, 2.45) is 0 Å². The van der Waals surface area contributed by atoms with Gasteiger partial charge in [0.2, 0.25) is 0 Å². The average Bonchev–Trinajstić information content (AvgIpc) is 2.35. The number of pyridine rings is 1. The number of rotatable bonds is 3. The summed E-state index contributed by atoms with van der Waals surface area (Å²) in [5.74, 6) is -0.303. The summed E-state index contributed by atoms with van der Waals surface area (Å²) in [6.45, 7) is 1.99. The Balaban J connectivity index is 2.48. The molecule has 0 aliphatic carbocycles. The first-order valence-electron chi connectivity index (χ1n) is 5.66. The Hall–Kier alpha value is -1.45. The van der Waals surface area contributed by atoms with Gasteiger partial charge in [0.1, 0.15) is 5.82 Å². The summed E-state index contributed by atoms with van der Waals surface area (Å²) in [5, 5.41) is 3.64. The van der Waals surface area contributed by atoms with Crippen molar-refractivity contribution in [1.82, 2.24) is 10.3 Å². The number of halogens is 2. The minimum atomic E-state index is -0.303. The molecule has 94 valence electrons. The van der Waals surface area contributed by atoms with Crippen LogP contribution in [-0.2, 0) is 0 Å². The van der Waals surface area contributed by atoms with E-state index in [9.17, 15) is 4.39 Å². The maximum absolute atomic E-state index is 13.3. The highest BCUT2D eigenvalue weighted by atomic mass is 35.5. The van der Waals surface area contributed by atoms with Crippen molar-refractivity contribution < 1.29 is 4.39 Å². The molecule has 0 amide bonds. The Morgan fingerprint density at radius 3 is 2.72 bits per heavy atom. The van der Waals surface area contributed by atoms with Gasteiger partial charge in [0, 0.05) is 11.2 Å². The third-order valence-corrected chi connectivity index (χ3v) is 3.13. The van der Waals surface area contributed by atoms with E-state index in [1.54, 1.807) is 19.3 Å². The lowest BCUT2D eigenvalue weighted by molar-refractivity contribution is 0.614. The molecule has 0 spiro atoms. The van der Waals surface area contributed by atoms with Gasteiger partial charge < -0.3 is 5.32 Å². The monoisotopic (exact) mass is 264 g/mol. The molecule has 2 rings (SSSR count). The molecule has 0 aliphatic rings. The zero-order chi connectivity index (χ0) is 13.1. The van der Waals surface area contributed by atoms with Gasteiger partial charge in [0.05, 0.1) is 11.7 Å². The molecule has 18 heavy (non-hydrogen) atoms. The molecule has 2 aromatic rings. The molecule has 4 heteroatoms. The van der Waals surface area contributed by atoms with Gasteiger partial charge >= 0.3 is 0 Å². The second kappa shape index (κ2) is 5.46. The Kier molecular flexibility index (Phi) is 3.94. The van der Waals surface area contributed by atoms with Crippen molar-refractivity contribution in [3.8, 4) is 0 Å². The maximum Gasteiger partial charge on any atom is 0.123 e. The van der Waals surface area contributed by atoms with E-state index in [0.29, 0.717) is 10.6 Å².